The number of thioether (sulfide) groups is 1. The van der Waals surface area contributed by atoms with Crippen LogP contribution in [0.2, 0.25) is 5.02 Å². The molecule has 1 aromatic heterocycles. The SMILES string of the molecule is CSc1cccc2sc(CCl)c(Cl)c12. The quantitative estimate of drug-likeness (QED) is 0.541. The first-order chi connectivity index (χ1) is 6.77. The second-order valence-electron chi connectivity index (χ2n) is 2.81. The van der Waals surface area contributed by atoms with Crippen molar-refractivity contribution in [1.82, 2.24) is 0 Å². The minimum absolute atomic E-state index is 0.492. The molecule has 1 aromatic carbocycles. The van der Waals surface area contributed by atoms with E-state index in [9.17, 15) is 0 Å². The van der Waals surface area contributed by atoms with Gasteiger partial charge in [0.1, 0.15) is 0 Å². The summed E-state index contributed by atoms with van der Waals surface area (Å²) in [6.45, 7) is 0. The number of hydrogen-bond acceptors (Lipinski definition) is 2. The van der Waals surface area contributed by atoms with E-state index in [4.69, 9.17) is 23.2 Å². The molecule has 0 amide bonds. The van der Waals surface area contributed by atoms with Crippen LogP contribution in [0.1, 0.15) is 4.88 Å². The van der Waals surface area contributed by atoms with E-state index < -0.39 is 0 Å². The van der Waals surface area contributed by atoms with Crippen LogP contribution in [0.4, 0.5) is 0 Å². The van der Waals surface area contributed by atoms with Crippen LogP contribution in [0, 0.1) is 0 Å². The molecule has 0 aliphatic heterocycles. The summed E-state index contributed by atoms with van der Waals surface area (Å²) < 4.78 is 1.22. The number of alkyl halides is 1. The van der Waals surface area contributed by atoms with Gasteiger partial charge in [-0.05, 0) is 18.4 Å². The van der Waals surface area contributed by atoms with Crippen molar-refractivity contribution in [3.63, 3.8) is 0 Å². The molecule has 14 heavy (non-hydrogen) atoms. The lowest BCUT2D eigenvalue weighted by atomic mass is 10.2. The largest absolute Gasteiger partial charge is 0.137 e. The molecule has 0 atom stereocenters. The number of benzene rings is 1. The molecule has 2 rings (SSSR count). The molecule has 0 fully saturated rings. The first-order valence-electron chi connectivity index (χ1n) is 4.07. The summed E-state index contributed by atoms with van der Waals surface area (Å²) in [4.78, 5) is 2.28. The zero-order chi connectivity index (χ0) is 10.1. The van der Waals surface area contributed by atoms with Gasteiger partial charge in [-0.3, -0.25) is 0 Å². The molecule has 0 spiro atoms. The molecule has 0 unspecified atom stereocenters. The van der Waals surface area contributed by atoms with Crippen molar-refractivity contribution in [3.8, 4) is 0 Å². The van der Waals surface area contributed by atoms with Crippen LogP contribution in [-0.4, -0.2) is 6.26 Å². The fraction of sp³-hybridized carbons (Fsp3) is 0.200. The van der Waals surface area contributed by atoms with Gasteiger partial charge in [0.05, 0.1) is 10.9 Å². The summed E-state index contributed by atoms with van der Waals surface area (Å²) in [5.41, 5.74) is 0. The Morgan fingerprint density at radius 3 is 2.86 bits per heavy atom. The molecule has 0 saturated carbocycles. The molecule has 4 heteroatoms. The lowest BCUT2D eigenvalue weighted by Crippen LogP contribution is -1.73. The van der Waals surface area contributed by atoms with Crippen LogP contribution < -0.4 is 0 Å². The fourth-order valence-corrected chi connectivity index (χ4v) is 3.92. The van der Waals surface area contributed by atoms with Crippen molar-refractivity contribution in [2.24, 2.45) is 0 Å². The normalized spacial score (nSPS) is 11.1. The maximum absolute atomic E-state index is 6.25. The first-order valence-corrected chi connectivity index (χ1v) is 7.03. The Kier molecular flexibility index (Phi) is 3.27. The van der Waals surface area contributed by atoms with Crippen LogP contribution >= 0.6 is 46.3 Å². The zero-order valence-electron chi connectivity index (χ0n) is 7.51. The second kappa shape index (κ2) is 4.31. The molecular formula is C10H8Cl2S2. The minimum atomic E-state index is 0.492. The van der Waals surface area contributed by atoms with Gasteiger partial charge in [0, 0.05) is 19.9 Å². The molecule has 1 heterocycles. The molecule has 0 aliphatic rings. The highest BCUT2D eigenvalue weighted by Gasteiger charge is 2.11. The number of fused-ring (bicyclic) bond motifs is 1. The Morgan fingerprint density at radius 2 is 2.21 bits per heavy atom. The van der Waals surface area contributed by atoms with E-state index in [0.29, 0.717) is 5.88 Å². The smallest absolute Gasteiger partial charge is 0.0647 e. The monoisotopic (exact) mass is 262 g/mol. The van der Waals surface area contributed by atoms with Crippen LogP contribution in [0.15, 0.2) is 23.1 Å². The Hall–Kier alpha value is 0.110. The zero-order valence-corrected chi connectivity index (χ0v) is 10.7. The van der Waals surface area contributed by atoms with Crippen LogP contribution in [0.25, 0.3) is 10.1 Å². The van der Waals surface area contributed by atoms with Gasteiger partial charge in [-0.2, -0.15) is 0 Å². The van der Waals surface area contributed by atoms with Gasteiger partial charge in [0.2, 0.25) is 0 Å². The highest BCUT2D eigenvalue weighted by molar-refractivity contribution is 7.98. The molecule has 0 N–H and O–H groups in total. The summed E-state index contributed by atoms with van der Waals surface area (Å²) in [5, 5.41) is 1.98. The maximum atomic E-state index is 6.25. The maximum Gasteiger partial charge on any atom is 0.0647 e. The minimum Gasteiger partial charge on any atom is -0.137 e. The van der Waals surface area contributed by atoms with Gasteiger partial charge in [-0.1, -0.05) is 17.7 Å². The van der Waals surface area contributed by atoms with Crippen molar-refractivity contribution in [1.29, 1.82) is 0 Å². The number of hydrogen-bond donors (Lipinski definition) is 0. The van der Waals surface area contributed by atoms with E-state index in [1.165, 1.54) is 9.60 Å². The van der Waals surface area contributed by atoms with E-state index >= 15 is 0 Å². The lowest BCUT2D eigenvalue weighted by Gasteiger charge is -1.98. The fourth-order valence-electron chi connectivity index (χ4n) is 1.39. The third kappa shape index (κ3) is 1.65. The van der Waals surface area contributed by atoms with E-state index in [0.717, 1.165) is 15.3 Å². The van der Waals surface area contributed by atoms with Crippen molar-refractivity contribution < 1.29 is 0 Å². The molecule has 0 bridgehead atoms. The van der Waals surface area contributed by atoms with Gasteiger partial charge in [-0.15, -0.1) is 34.7 Å². The highest BCUT2D eigenvalue weighted by Crippen LogP contribution is 2.40. The van der Waals surface area contributed by atoms with Crippen molar-refractivity contribution in [2.75, 3.05) is 6.26 Å². The predicted octanol–water partition coefficient (Wildman–Crippen LogP) is 5.02. The molecule has 0 nitrogen and oxygen atoms in total. The average molecular weight is 263 g/mol. The van der Waals surface area contributed by atoms with E-state index in [1.807, 2.05) is 0 Å². The van der Waals surface area contributed by atoms with Crippen LogP contribution in [-0.2, 0) is 5.88 Å². The predicted molar refractivity (Wildman–Crippen MR) is 68.2 cm³/mol. The molecule has 74 valence electrons. The molecule has 0 aliphatic carbocycles. The summed E-state index contributed by atoms with van der Waals surface area (Å²) in [5.74, 6) is 0.492. The summed E-state index contributed by atoms with van der Waals surface area (Å²) in [6.07, 6.45) is 2.06. The van der Waals surface area contributed by atoms with E-state index in [-0.39, 0.29) is 0 Å². The number of thiophene rings is 1. The van der Waals surface area contributed by atoms with Gasteiger partial charge < -0.3 is 0 Å². The Balaban J connectivity index is 2.79. The van der Waals surface area contributed by atoms with Gasteiger partial charge >= 0.3 is 0 Å². The Bertz CT molecular complexity index is 462. The number of halogens is 2. The van der Waals surface area contributed by atoms with Gasteiger partial charge in [-0.25, -0.2) is 0 Å². The molecule has 0 radical (unpaired) electrons. The summed E-state index contributed by atoms with van der Waals surface area (Å²) >= 11 is 15.5. The molecule has 0 saturated heterocycles. The standard InChI is InChI=1S/C10H8Cl2S2/c1-13-6-3-2-4-7-9(6)10(12)8(5-11)14-7/h2-4H,5H2,1H3. The summed E-state index contributed by atoms with van der Waals surface area (Å²) in [7, 11) is 0. The van der Waals surface area contributed by atoms with Gasteiger partial charge in [0.25, 0.3) is 0 Å². The lowest BCUT2D eigenvalue weighted by molar-refractivity contribution is 1.51. The Labute approximate surface area is 101 Å². The number of rotatable bonds is 2. The first kappa shape index (κ1) is 10.6. The molecular weight excluding hydrogens is 255 g/mol. The van der Waals surface area contributed by atoms with Crippen molar-refractivity contribution >= 4 is 56.4 Å². The van der Waals surface area contributed by atoms with E-state index in [1.54, 1.807) is 23.1 Å². The van der Waals surface area contributed by atoms with Crippen LogP contribution in [0.3, 0.4) is 0 Å². The second-order valence-corrected chi connectivity index (χ2v) is 5.44. The van der Waals surface area contributed by atoms with Crippen molar-refractivity contribution in [3.05, 3.63) is 28.1 Å². The van der Waals surface area contributed by atoms with Gasteiger partial charge in [0.15, 0.2) is 0 Å². The molecule has 2 aromatic rings. The van der Waals surface area contributed by atoms with E-state index in [2.05, 4.69) is 24.5 Å². The van der Waals surface area contributed by atoms with Crippen LogP contribution in [0.5, 0.6) is 0 Å². The average Bonchev–Trinajstić information content (AvgIpc) is 2.55. The summed E-state index contributed by atoms with van der Waals surface area (Å²) in [6, 6.07) is 6.23. The third-order valence-corrected chi connectivity index (χ3v) is 4.92. The van der Waals surface area contributed by atoms with Crippen molar-refractivity contribution in [2.45, 2.75) is 10.8 Å². The Morgan fingerprint density at radius 1 is 1.43 bits per heavy atom. The third-order valence-electron chi connectivity index (χ3n) is 2.03. The highest BCUT2D eigenvalue weighted by atomic mass is 35.5. The topological polar surface area (TPSA) is 0 Å².